The molecule has 100 valence electrons. The van der Waals surface area contributed by atoms with E-state index in [0.717, 1.165) is 10.9 Å². The van der Waals surface area contributed by atoms with Gasteiger partial charge in [-0.1, -0.05) is 12.1 Å². The highest BCUT2D eigenvalue weighted by Crippen LogP contribution is 2.34. The maximum absolute atomic E-state index is 13.3. The maximum Gasteiger partial charge on any atom is 0.230 e. The monoisotopic (exact) mass is 270 g/mol. The van der Waals surface area contributed by atoms with Crippen molar-refractivity contribution >= 4 is 22.3 Å². The molecule has 0 saturated carbocycles. The molecule has 1 aromatic heterocycles. The molecule has 5 nitrogen and oxygen atoms in total. The molecule has 3 aromatic rings. The summed E-state index contributed by atoms with van der Waals surface area (Å²) >= 11 is 0. The van der Waals surface area contributed by atoms with Gasteiger partial charge in [0, 0.05) is 0 Å². The highest BCUT2D eigenvalue weighted by molar-refractivity contribution is 5.83. The number of para-hydroxylation sites is 1. The molecule has 0 radical (unpaired) electrons. The number of ether oxygens (including phenoxy) is 1. The summed E-state index contributed by atoms with van der Waals surface area (Å²) in [4.78, 5) is 8.20. The number of hydrogen-bond acceptors (Lipinski definition) is 5. The molecule has 4 N–H and O–H groups in total. The molecule has 0 bridgehead atoms. The lowest BCUT2D eigenvalue weighted by Gasteiger charge is -2.11. The molecule has 0 spiro atoms. The average molecular weight is 270 g/mol. The Morgan fingerprint density at radius 3 is 2.60 bits per heavy atom. The molecule has 1 heterocycles. The minimum atomic E-state index is -0.581. The Morgan fingerprint density at radius 1 is 0.950 bits per heavy atom. The van der Waals surface area contributed by atoms with Gasteiger partial charge in [-0.3, -0.25) is 0 Å². The van der Waals surface area contributed by atoms with Crippen LogP contribution >= 0.6 is 0 Å². The topological polar surface area (TPSA) is 87.0 Å². The van der Waals surface area contributed by atoms with Gasteiger partial charge in [-0.05, 0) is 24.3 Å². The number of nitrogens with zero attached hydrogens (tertiary/aromatic N) is 2. The van der Waals surface area contributed by atoms with Crippen LogP contribution in [0.2, 0.25) is 0 Å². The van der Waals surface area contributed by atoms with E-state index >= 15 is 0 Å². The number of hydrogen-bond donors (Lipinski definition) is 2. The first-order valence-corrected chi connectivity index (χ1v) is 5.88. The normalized spacial score (nSPS) is 10.7. The van der Waals surface area contributed by atoms with Crippen molar-refractivity contribution in [3.05, 3.63) is 48.5 Å². The number of halogens is 1. The van der Waals surface area contributed by atoms with E-state index in [0.29, 0.717) is 5.88 Å². The van der Waals surface area contributed by atoms with Crippen LogP contribution in [0.5, 0.6) is 11.6 Å². The van der Waals surface area contributed by atoms with Crippen molar-refractivity contribution in [2.75, 3.05) is 11.5 Å². The van der Waals surface area contributed by atoms with Gasteiger partial charge in [0.15, 0.2) is 5.75 Å². The predicted octanol–water partition coefficient (Wildman–Crippen LogP) is 2.73. The van der Waals surface area contributed by atoms with E-state index in [2.05, 4.69) is 9.97 Å². The molecule has 0 atom stereocenters. The van der Waals surface area contributed by atoms with Gasteiger partial charge in [0.05, 0.1) is 16.6 Å². The van der Waals surface area contributed by atoms with Gasteiger partial charge < -0.3 is 16.2 Å². The lowest BCUT2D eigenvalue weighted by atomic mass is 10.2. The Labute approximate surface area is 114 Å². The Kier molecular flexibility index (Phi) is 2.83. The Morgan fingerprint density at radius 2 is 1.75 bits per heavy atom. The maximum atomic E-state index is 13.3. The van der Waals surface area contributed by atoms with E-state index in [1.165, 1.54) is 18.5 Å². The third-order valence-electron chi connectivity index (χ3n) is 2.91. The summed E-state index contributed by atoms with van der Waals surface area (Å²) in [5.74, 6) is 0.0171. The third-order valence-corrected chi connectivity index (χ3v) is 2.91. The van der Waals surface area contributed by atoms with Crippen LogP contribution in [-0.4, -0.2) is 9.97 Å². The largest absolute Gasteiger partial charge is 0.436 e. The zero-order chi connectivity index (χ0) is 14.1. The van der Waals surface area contributed by atoms with Crippen molar-refractivity contribution in [1.29, 1.82) is 0 Å². The molecular formula is C14H11FN4O. The number of anilines is 2. The molecule has 0 saturated heterocycles. The van der Waals surface area contributed by atoms with E-state index in [9.17, 15) is 4.39 Å². The quantitative estimate of drug-likeness (QED) is 0.699. The first-order chi connectivity index (χ1) is 9.66. The summed E-state index contributed by atoms with van der Waals surface area (Å²) in [5, 5.41) is 0.734. The zero-order valence-electron chi connectivity index (χ0n) is 10.4. The van der Waals surface area contributed by atoms with E-state index in [1.54, 1.807) is 0 Å². The van der Waals surface area contributed by atoms with Gasteiger partial charge in [0.2, 0.25) is 5.88 Å². The van der Waals surface area contributed by atoms with Crippen molar-refractivity contribution < 1.29 is 9.13 Å². The second-order valence-corrected chi connectivity index (χ2v) is 4.17. The number of nitrogens with two attached hydrogens (primary N) is 2. The van der Waals surface area contributed by atoms with E-state index in [1.807, 2.05) is 24.3 Å². The first-order valence-electron chi connectivity index (χ1n) is 5.88. The highest BCUT2D eigenvalue weighted by Gasteiger charge is 2.12. The second kappa shape index (κ2) is 4.65. The Bertz CT molecular complexity index is 786. The van der Waals surface area contributed by atoms with Crippen LogP contribution in [0.3, 0.4) is 0 Å². The summed E-state index contributed by atoms with van der Waals surface area (Å²) in [5.41, 5.74) is 11.9. The van der Waals surface area contributed by atoms with Gasteiger partial charge in [0.1, 0.15) is 17.8 Å². The molecule has 0 fully saturated rings. The van der Waals surface area contributed by atoms with Crippen molar-refractivity contribution in [3.8, 4) is 11.6 Å². The minimum Gasteiger partial charge on any atom is -0.436 e. The molecule has 20 heavy (non-hydrogen) atoms. The second-order valence-electron chi connectivity index (χ2n) is 4.17. The smallest absolute Gasteiger partial charge is 0.230 e. The summed E-state index contributed by atoms with van der Waals surface area (Å²) in [6.45, 7) is 0. The van der Waals surface area contributed by atoms with Crippen LogP contribution in [0.15, 0.2) is 42.7 Å². The Balaban J connectivity index is 2.08. The molecule has 6 heteroatoms. The zero-order valence-corrected chi connectivity index (χ0v) is 10.4. The summed E-state index contributed by atoms with van der Waals surface area (Å²) in [7, 11) is 0. The van der Waals surface area contributed by atoms with Gasteiger partial charge >= 0.3 is 0 Å². The SMILES string of the molecule is Nc1c(F)ccc(Oc2ncnc3ccccc23)c1N. The third kappa shape index (κ3) is 1.97. The summed E-state index contributed by atoms with van der Waals surface area (Å²) in [6.07, 6.45) is 1.39. The summed E-state index contributed by atoms with van der Waals surface area (Å²) in [6, 6.07) is 9.99. The standard InChI is InChI=1S/C14H11FN4O/c15-9-5-6-11(13(17)12(9)16)20-14-8-3-1-2-4-10(8)18-7-19-14/h1-7H,16-17H2. The lowest BCUT2D eigenvalue weighted by Crippen LogP contribution is -2.01. The molecule has 0 amide bonds. The van der Waals surface area contributed by atoms with Crippen LogP contribution in [0.1, 0.15) is 0 Å². The average Bonchev–Trinajstić information content (AvgIpc) is 2.48. The van der Waals surface area contributed by atoms with Crippen LogP contribution < -0.4 is 16.2 Å². The number of fused-ring (bicyclic) bond motifs is 1. The number of nitrogen functional groups attached to an aromatic ring is 2. The molecule has 2 aromatic carbocycles. The van der Waals surface area contributed by atoms with Gasteiger partial charge in [0.25, 0.3) is 0 Å². The van der Waals surface area contributed by atoms with E-state index in [-0.39, 0.29) is 17.1 Å². The molecular weight excluding hydrogens is 259 g/mol. The lowest BCUT2D eigenvalue weighted by molar-refractivity contribution is 0.469. The van der Waals surface area contributed by atoms with Crippen molar-refractivity contribution in [2.45, 2.75) is 0 Å². The predicted molar refractivity (Wildman–Crippen MR) is 74.8 cm³/mol. The Hall–Kier alpha value is -2.89. The van der Waals surface area contributed by atoms with Crippen LogP contribution in [0, 0.1) is 5.82 Å². The number of aromatic nitrogens is 2. The molecule has 0 aliphatic carbocycles. The van der Waals surface area contributed by atoms with Crippen LogP contribution in [0.25, 0.3) is 10.9 Å². The minimum absolute atomic E-state index is 0.0488. The highest BCUT2D eigenvalue weighted by atomic mass is 19.1. The van der Waals surface area contributed by atoms with E-state index in [4.69, 9.17) is 16.2 Å². The molecule has 0 unspecified atom stereocenters. The number of benzene rings is 2. The molecule has 0 aliphatic rings. The molecule has 0 aliphatic heterocycles. The van der Waals surface area contributed by atoms with Gasteiger partial charge in [-0.2, -0.15) is 0 Å². The molecule has 3 rings (SSSR count). The van der Waals surface area contributed by atoms with Crippen molar-refractivity contribution in [3.63, 3.8) is 0 Å². The summed E-state index contributed by atoms with van der Waals surface area (Å²) < 4.78 is 18.9. The fraction of sp³-hybridized carbons (Fsp3) is 0. The van der Waals surface area contributed by atoms with Gasteiger partial charge in [-0.15, -0.1) is 0 Å². The fourth-order valence-corrected chi connectivity index (χ4v) is 1.84. The van der Waals surface area contributed by atoms with Crippen molar-refractivity contribution in [2.24, 2.45) is 0 Å². The van der Waals surface area contributed by atoms with Gasteiger partial charge in [-0.25, -0.2) is 14.4 Å². The van der Waals surface area contributed by atoms with Crippen LogP contribution in [0.4, 0.5) is 15.8 Å². The van der Waals surface area contributed by atoms with Crippen molar-refractivity contribution in [1.82, 2.24) is 9.97 Å². The number of rotatable bonds is 2. The van der Waals surface area contributed by atoms with Crippen LogP contribution in [-0.2, 0) is 0 Å². The van der Waals surface area contributed by atoms with E-state index < -0.39 is 5.82 Å². The fourth-order valence-electron chi connectivity index (χ4n) is 1.84. The first kappa shape index (κ1) is 12.2.